The van der Waals surface area contributed by atoms with Crippen molar-refractivity contribution < 1.29 is 18.4 Å². The van der Waals surface area contributed by atoms with Crippen molar-refractivity contribution in [2.24, 2.45) is 0 Å². The van der Waals surface area contributed by atoms with Crippen LogP contribution >= 0.6 is 0 Å². The smallest absolute Gasteiger partial charge is 0.251 e. The van der Waals surface area contributed by atoms with Gasteiger partial charge < -0.3 is 23.4 Å². The maximum Gasteiger partial charge on any atom is 0.251 e. The minimum absolute atomic E-state index is 0.110. The molecule has 3 heterocycles. The first-order valence-corrected chi connectivity index (χ1v) is 9.67. The van der Waals surface area contributed by atoms with Gasteiger partial charge in [-0.2, -0.15) is 0 Å². The van der Waals surface area contributed by atoms with Crippen molar-refractivity contribution in [1.82, 2.24) is 15.1 Å². The minimum atomic E-state index is 0.110. The molecule has 1 amide bonds. The summed E-state index contributed by atoms with van der Waals surface area (Å²) in [5, 5.41) is 8.10. The second kappa shape index (κ2) is 8.38. The molecule has 1 aliphatic heterocycles. The molecule has 1 saturated heterocycles. The van der Waals surface area contributed by atoms with Gasteiger partial charge in [0.05, 0.1) is 18.9 Å². The van der Waals surface area contributed by atoms with Crippen molar-refractivity contribution in [3.05, 3.63) is 48.2 Å². The van der Waals surface area contributed by atoms with E-state index in [0.29, 0.717) is 37.7 Å². The number of rotatable bonds is 6. The lowest BCUT2D eigenvalue weighted by atomic mass is 10.2. The molecule has 0 spiro atoms. The lowest BCUT2D eigenvalue weighted by Crippen LogP contribution is -2.48. The number of anilines is 1. The van der Waals surface area contributed by atoms with Gasteiger partial charge in [-0.1, -0.05) is 0 Å². The number of furan rings is 1. The van der Waals surface area contributed by atoms with E-state index in [1.54, 1.807) is 19.4 Å². The third-order valence-corrected chi connectivity index (χ3v) is 5.18. The molecular formula is C21H24N4O4. The zero-order valence-electron chi connectivity index (χ0n) is 16.6. The maximum absolute atomic E-state index is 12.6. The number of aryl methyl sites for hydroxylation is 2. The fourth-order valence-electron chi connectivity index (χ4n) is 3.45. The standard InChI is InChI=1S/C21H24N4O4/c1-15-18(9-14-28-15)21-23-22-19(29-21)7-8-20(26)25-12-10-24(11-13-25)16-3-5-17(27-2)6-4-16/h3-6,9,14H,7-8,10-13H2,1-2H3. The van der Waals surface area contributed by atoms with E-state index in [2.05, 4.69) is 15.1 Å². The Hall–Kier alpha value is -3.29. The van der Waals surface area contributed by atoms with E-state index in [0.717, 1.165) is 35.9 Å². The molecule has 0 radical (unpaired) electrons. The van der Waals surface area contributed by atoms with Crippen LogP contribution in [0.1, 0.15) is 18.1 Å². The molecule has 3 aromatic rings. The number of carbonyl (C=O) groups is 1. The van der Waals surface area contributed by atoms with Gasteiger partial charge >= 0.3 is 0 Å². The summed E-state index contributed by atoms with van der Waals surface area (Å²) in [6.45, 7) is 4.86. The SMILES string of the molecule is COc1ccc(N2CCN(C(=O)CCc3nnc(-c4ccoc4C)o3)CC2)cc1. The largest absolute Gasteiger partial charge is 0.497 e. The van der Waals surface area contributed by atoms with Gasteiger partial charge in [0.25, 0.3) is 5.89 Å². The highest BCUT2D eigenvalue weighted by molar-refractivity contribution is 5.76. The molecule has 8 heteroatoms. The number of hydrogen-bond donors (Lipinski definition) is 0. The number of nitrogens with zero attached hydrogens (tertiary/aromatic N) is 4. The van der Waals surface area contributed by atoms with Crippen LogP contribution < -0.4 is 9.64 Å². The van der Waals surface area contributed by atoms with Gasteiger partial charge in [0, 0.05) is 44.7 Å². The Morgan fingerprint density at radius 1 is 1.10 bits per heavy atom. The first kappa shape index (κ1) is 19.0. The summed E-state index contributed by atoms with van der Waals surface area (Å²) in [6, 6.07) is 9.80. The lowest BCUT2D eigenvalue weighted by molar-refractivity contribution is -0.131. The fourth-order valence-corrected chi connectivity index (χ4v) is 3.45. The second-order valence-electron chi connectivity index (χ2n) is 6.96. The number of aromatic nitrogens is 2. The molecule has 0 atom stereocenters. The number of hydrogen-bond acceptors (Lipinski definition) is 7. The Kier molecular flexibility index (Phi) is 5.50. The predicted octanol–water partition coefficient (Wildman–Crippen LogP) is 2.93. The number of carbonyl (C=O) groups excluding carboxylic acids is 1. The quantitative estimate of drug-likeness (QED) is 0.633. The first-order chi connectivity index (χ1) is 14.1. The number of benzene rings is 1. The Bertz CT molecular complexity index is 955. The molecule has 0 N–H and O–H groups in total. The molecule has 0 unspecified atom stereocenters. The number of piperazine rings is 1. The summed E-state index contributed by atoms with van der Waals surface area (Å²) in [4.78, 5) is 16.8. The Labute approximate surface area is 169 Å². The van der Waals surface area contributed by atoms with E-state index in [4.69, 9.17) is 13.6 Å². The summed E-state index contributed by atoms with van der Waals surface area (Å²) in [5.74, 6) is 2.57. The van der Waals surface area contributed by atoms with E-state index in [1.165, 1.54) is 0 Å². The Morgan fingerprint density at radius 3 is 2.52 bits per heavy atom. The van der Waals surface area contributed by atoms with E-state index in [9.17, 15) is 4.79 Å². The van der Waals surface area contributed by atoms with Crippen LogP contribution in [-0.4, -0.2) is 54.3 Å². The number of amides is 1. The molecule has 152 valence electrons. The Morgan fingerprint density at radius 2 is 1.86 bits per heavy atom. The van der Waals surface area contributed by atoms with Crippen LogP contribution in [0.2, 0.25) is 0 Å². The number of ether oxygens (including phenoxy) is 1. The van der Waals surface area contributed by atoms with Crippen LogP contribution in [0.25, 0.3) is 11.5 Å². The molecule has 8 nitrogen and oxygen atoms in total. The summed E-state index contributed by atoms with van der Waals surface area (Å²) in [7, 11) is 1.66. The van der Waals surface area contributed by atoms with Gasteiger partial charge in [0.15, 0.2) is 0 Å². The second-order valence-corrected chi connectivity index (χ2v) is 6.96. The summed E-state index contributed by atoms with van der Waals surface area (Å²) in [5.41, 5.74) is 1.93. The monoisotopic (exact) mass is 396 g/mol. The first-order valence-electron chi connectivity index (χ1n) is 9.67. The van der Waals surface area contributed by atoms with Gasteiger partial charge in [0.1, 0.15) is 11.5 Å². The maximum atomic E-state index is 12.6. The molecule has 1 fully saturated rings. The van der Waals surface area contributed by atoms with Gasteiger partial charge in [0.2, 0.25) is 11.8 Å². The highest BCUT2D eigenvalue weighted by Gasteiger charge is 2.22. The normalized spacial score (nSPS) is 14.3. The summed E-state index contributed by atoms with van der Waals surface area (Å²) >= 11 is 0. The van der Waals surface area contributed by atoms with Crippen LogP contribution in [-0.2, 0) is 11.2 Å². The van der Waals surface area contributed by atoms with E-state index < -0.39 is 0 Å². The van der Waals surface area contributed by atoms with Crippen molar-refractivity contribution >= 4 is 11.6 Å². The van der Waals surface area contributed by atoms with E-state index in [-0.39, 0.29) is 5.91 Å². The zero-order valence-corrected chi connectivity index (χ0v) is 16.6. The lowest BCUT2D eigenvalue weighted by Gasteiger charge is -2.36. The minimum Gasteiger partial charge on any atom is -0.497 e. The third kappa shape index (κ3) is 4.26. The predicted molar refractivity (Wildman–Crippen MR) is 107 cm³/mol. The van der Waals surface area contributed by atoms with Crippen LogP contribution in [0, 0.1) is 6.92 Å². The van der Waals surface area contributed by atoms with Crippen molar-refractivity contribution in [1.29, 1.82) is 0 Å². The third-order valence-electron chi connectivity index (χ3n) is 5.18. The van der Waals surface area contributed by atoms with Crippen molar-refractivity contribution in [3.63, 3.8) is 0 Å². The van der Waals surface area contributed by atoms with E-state index in [1.807, 2.05) is 36.1 Å². The molecule has 0 aliphatic carbocycles. The topological polar surface area (TPSA) is 84.8 Å². The fraction of sp³-hybridized carbons (Fsp3) is 0.381. The van der Waals surface area contributed by atoms with Gasteiger partial charge in [-0.25, -0.2) is 0 Å². The molecular weight excluding hydrogens is 372 g/mol. The van der Waals surface area contributed by atoms with Crippen LogP contribution in [0.4, 0.5) is 5.69 Å². The van der Waals surface area contributed by atoms with Gasteiger partial charge in [-0.05, 0) is 37.3 Å². The van der Waals surface area contributed by atoms with E-state index >= 15 is 0 Å². The molecule has 2 aromatic heterocycles. The average molecular weight is 396 g/mol. The molecule has 1 aromatic carbocycles. The van der Waals surface area contributed by atoms with Crippen LogP contribution in [0.5, 0.6) is 5.75 Å². The summed E-state index contributed by atoms with van der Waals surface area (Å²) < 4.78 is 16.1. The molecule has 4 rings (SSSR count). The molecule has 1 aliphatic rings. The zero-order chi connectivity index (χ0) is 20.2. The molecule has 0 bridgehead atoms. The van der Waals surface area contributed by atoms with Crippen molar-refractivity contribution in [2.75, 3.05) is 38.2 Å². The van der Waals surface area contributed by atoms with Gasteiger partial charge in [-0.15, -0.1) is 10.2 Å². The van der Waals surface area contributed by atoms with Crippen molar-refractivity contribution in [2.45, 2.75) is 19.8 Å². The molecule has 29 heavy (non-hydrogen) atoms. The van der Waals surface area contributed by atoms with Crippen molar-refractivity contribution in [3.8, 4) is 17.2 Å². The summed E-state index contributed by atoms with van der Waals surface area (Å²) in [6.07, 6.45) is 2.37. The highest BCUT2D eigenvalue weighted by atomic mass is 16.5. The number of methoxy groups -OCH3 is 1. The van der Waals surface area contributed by atoms with Gasteiger partial charge in [-0.3, -0.25) is 4.79 Å². The van der Waals surface area contributed by atoms with Crippen LogP contribution in [0.3, 0.4) is 0 Å². The average Bonchev–Trinajstić information content (AvgIpc) is 3.41. The highest BCUT2D eigenvalue weighted by Crippen LogP contribution is 2.23. The molecule has 0 saturated carbocycles. The van der Waals surface area contributed by atoms with Crippen LogP contribution in [0.15, 0.2) is 45.4 Å². The Balaban J connectivity index is 1.27.